The quantitative estimate of drug-likeness (QED) is 0.519. The van der Waals surface area contributed by atoms with Gasteiger partial charge in [0.1, 0.15) is 5.01 Å². The van der Waals surface area contributed by atoms with Crippen LogP contribution >= 0.6 is 22.9 Å². The van der Waals surface area contributed by atoms with Gasteiger partial charge in [-0.3, -0.25) is 4.79 Å². The van der Waals surface area contributed by atoms with Gasteiger partial charge in [-0.15, -0.1) is 10.2 Å². The van der Waals surface area contributed by atoms with Crippen LogP contribution in [0.3, 0.4) is 0 Å². The summed E-state index contributed by atoms with van der Waals surface area (Å²) in [6.45, 7) is 4.54. The van der Waals surface area contributed by atoms with Gasteiger partial charge >= 0.3 is 0 Å². The zero-order chi connectivity index (χ0) is 22.9. The number of benzene rings is 2. The molecule has 3 aromatic rings. The first-order chi connectivity index (χ1) is 15.3. The number of nitrogens with zero attached hydrogens (tertiary/aromatic N) is 3. The molecule has 0 bridgehead atoms. The Morgan fingerprint density at radius 2 is 1.81 bits per heavy atom. The summed E-state index contributed by atoms with van der Waals surface area (Å²) < 4.78 is 28.1. The molecular weight excluding hydrogens is 468 g/mol. The first kappa shape index (κ1) is 22.8. The van der Waals surface area contributed by atoms with Crippen LogP contribution in [0.5, 0.6) is 0 Å². The third-order valence-electron chi connectivity index (χ3n) is 5.38. The number of aromatic nitrogens is 2. The molecule has 2 aromatic carbocycles. The molecule has 10 heteroatoms. The zero-order valence-corrected chi connectivity index (χ0v) is 20.0. The second kappa shape index (κ2) is 9.27. The Hall–Kier alpha value is -2.33. The number of sulfonamides is 1. The normalized spacial score (nSPS) is 17.1. The molecule has 2 heterocycles. The van der Waals surface area contributed by atoms with Gasteiger partial charge in [0, 0.05) is 17.3 Å². The van der Waals surface area contributed by atoms with Crippen LogP contribution in [0.4, 0.5) is 5.69 Å². The highest BCUT2D eigenvalue weighted by atomic mass is 35.5. The van der Waals surface area contributed by atoms with E-state index in [0.717, 1.165) is 23.3 Å². The summed E-state index contributed by atoms with van der Waals surface area (Å²) in [4.78, 5) is 12.8. The summed E-state index contributed by atoms with van der Waals surface area (Å²) in [6.07, 6.45) is 1.36. The lowest BCUT2D eigenvalue weighted by Crippen LogP contribution is -2.30. The SMILES string of the molecule is CC(C)c1ccc(S(=O)(=O)N2CCCC2c2nnc(C(=O)Nc3ccc(Cl)cc3)s2)cc1. The second-order valence-electron chi connectivity index (χ2n) is 7.90. The van der Waals surface area contributed by atoms with E-state index in [9.17, 15) is 13.2 Å². The van der Waals surface area contributed by atoms with Crippen LogP contribution in [0.2, 0.25) is 5.02 Å². The molecule has 1 saturated heterocycles. The van der Waals surface area contributed by atoms with Gasteiger partial charge in [0.25, 0.3) is 5.91 Å². The van der Waals surface area contributed by atoms with E-state index in [1.54, 1.807) is 36.4 Å². The molecule has 1 N–H and O–H groups in total. The highest BCUT2D eigenvalue weighted by Gasteiger charge is 2.38. The molecule has 168 valence electrons. The number of hydrogen-bond acceptors (Lipinski definition) is 6. The minimum absolute atomic E-state index is 0.181. The van der Waals surface area contributed by atoms with Crippen LogP contribution in [-0.2, 0) is 10.0 Å². The number of rotatable bonds is 6. The van der Waals surface area contributed by atoms with Crippen molar-refractivity contribution in [2.75, 3.05) is 11.9 Å². The fourth-order valence-electron chi connectivity index (χ4n) is 3.61. The summed E-state index contributed by atoms with van der Waals surface area (Å²) in [5.74, 6) is -0.0714. The maximum Gasteiger partial charge on any atom is 0.286 e. The summed E-state index contributed by atoms with van der Waals surface area (Å²) >= 11 is 6.99. The largest absolute Gasteiger partial charge is 0.320 e. The summed E-state index contributed by atoms with van der Waals surface area (Å²) in [6, 6.07) is 13.3. The molecule has 32 heavy (non-hydrogen) atoms. The number of carbonyl (C=O) groups is 1. The van der Waals surface area contributed by atoms with Crippen molar-refractivity contribution in [1.29, 1.82) is 0 Å². The molecule has 1 unspecified atom stereocenters. The van der Waals surface area contributed by atoms with E-state index >= 15 is 0 Å². The van der Waals surface area contributed by atoms with Gasteiger partial charge in [-0.25, -0.2) is 8.42 Å². The first-order valence-corrected chi connectivity index (χ1v) is 12.9. The van der Waals surface area contributed by atoms with E-state index in [2.05, 4.69) is 29.4 Å². The smallest absolute Gasteiger partial charge is 0.286 e. The molecule has 4 rings (SSSR count). The Bertz CT molecular complexity index is 1210. The van der Waals surface area contributed by atoms with Crippen molar-refractivity contribution in [2.24, 2.45) is 0 Å². The lowest BCUT2D eigenvalue weighted by atomic mass is 10.0. The van der Waals surface area contributed by atoms with Crippen LogP contribution < -0.4 is 5.32 Å². The molecule has 1 aliphatic heterocycles. The third kappa shape index (κ3) is 4.71. The van der Waals surface area contributed by atoms with Gasteiger partial charge in [-0.05, 0) is 60.7 Å². The predicted octanol–water partition coefficient (Wildman–Crippen LogP) is 5.09. The highest BCUT2D eigenvalue weighted by Crippen LogP contribution is 2.38. The van der Waals surface area contributed by atoms with Crippen molar-refractivity contribution in [3.8, 4) is 0 Å². The number of hydrogen-bond donors (Lipinski definition) is 1. The maximum absolute atomic E-state index is 13.3. The minimum Gasteiger partial charge on any atom is -0.320 e. The van der Waals surface area contributed by atoms with E-state index in [1.165, 1.54) is 4.31 Å². The van der Waals surface area contributed by atoms with Crippen LogP contribution in [-0.4, -0.2) is 35.4 Å². The Kier molecular flexibility index (Phi) is 6.62. The van der Waals surface area contributed by atoms with Gasteiger partial charge in [-0.1, -0.05) is 48.9 Å². The first-order valence-electron chi connectivity index (χ1n) is 10.3. The molecule has 1 fully saturated rings. The summed E-state index contributed by atoms with van der Waals surface area (Å²) in [5, 5.41) is 12.2. The standard InChI is InChI=1S/C22H23ClN4O3S2/c1-14(2)15-5-11-18(12-6-15)32(29,30)27-13-3-4-19(27)21-25-26-22(31-21)20(28)24-17-9-7-16(23)8-10-17/h5-12,14,19H,3-4,13H2,1-2H3,(H,24,28). The van der Waals surface area contributed by atoms with E-state index < -0.39 is 22.0 Å². The molecule has 0 radical (unpaired) electrons. The van der Waals surface area contributed by atoms with Crippen molar-refractivity contribution in [2.45, 2.75) is 43.5 Å². The lowest BCUT2D eigenvalue weighted by Gasteiger charge is -2.22. The number of amides is 1. The fourth-order valence-corrected chi connectivity index (χ4v) is 6.35. The third-order valence-corrected chi connectivity index (χ3v) is 8.58. The Morgan fingerprint density at radius 3 is 2.47 bits per heavy atom. The fraction of sp³-hybridized carbons (Fsp3) is 0.318. The minimum atomic E-state index is -3.68. The van der Waals surface area contributed by atoms with Crippen LogP contribution in [0.25, 0.3) is 0 Å². The van der Waals surface area contributed by atoms with Gasteiger partial charge in [-0.2, -0.15) is 4.31 Å². The number of carbonyl (C=O) groups excluding carboxylic acids is 1. The molecule has 0 saturated carbocycles. The average molecular weight is 491 g/mol. The zero-order valence-electron chi connectivity index (χ0n) is 17.7. The number of halogens is 1. The van der Waals surface area contributed by atoms with Crippen LogP contribution in [0.1, 0.15) is 59.0 Å². The Labute approximate surface area is 196 Å². The molecule has 7 nitrogen and oxygen atoms in total. The van der Waals surface area contributed by atoms with E-state index in [0.29, 0.717) is 34.6 Å². The topological polar surface area (TPSA) is 92.3 Å². The van der Waals surface area contributed by atoms with Gasteiger partial charge in [0.15, 0.2) is 0 Å². The molecule has 1 atom stereocenters. The van der Waals surface area contributed by atoms with Crippen molar-refractivity contribution < 1.29 is 13.2 Å². The van der Waals surface area contributed by atoms with Crippen LogP contribution in [0, 0.1) is 0 Å². The number of nitrogens with one attached hydrogen (secondary N) is 1. The van der Waals surface area contributed by atoms with E-state index in [-0.39, 0.29) is 9.90 Å². The predicted molar refractivity (Wildman–Crippen MR) is 126 cm³/mol. The van der Waals surface area contributed by atoms with E-state index in [4.69, 9.17) is 11.6 Å². The van der Waals surface area contributed by atoms with Gasteiger partial charge in [0.05, 0.1) is 10.9 Å². The molecule has 0 aliphatic carbocycles. The van der Waals surface area contributed by atoms with Crippen molar-refractivity contribution in [3.05, 3.63) is 69.1 Å². The Morgan fingerprint density at radius 1 is 1.12 bits per heavy atom. The average Bonchev–Trinajstić information content (AvgIpc) is 3.45. The molecule has 0 spiro atoms. The second-order valence-corrected chi connectivity index (χ2v) is 11.2. The monoisotopic (exact) mass is 490 g/mol. The van der Waals surface area contributed by atoms with Crippen LogP contribution in [0.15, 0.2) is 53.4 Å². The van der Waals surface area contributed by atoms with E-state index in [1.807, 2.05) is 12.1 Å². The highest BCUT2D eigenvalue weighted by molar-refractivity contribution is 7.89. The van der Waals surface area contributed by atoms with Gasteiger partial charge < -0.3 is 5.32 Å². The van der Waals surface area contributed by atoms with Crippen molar-refractivity contribution >= 4 is 44.6 Å². The maximum atomic E-state index is 13.3. The summed E-state index contributed by atoms with van der Waals surface area (Å²) in [7, 11) is -3.68. The summed E-state index contributed by atoms with van der Waals surface area (Å²) in [5.41, 5.74) is 1.67. The van der Waals surface area contributed by atoms with Crippen molar-refractivity contribution in [3.63, 3.8) is 0 Å². The number of anilines is 1. The lowest BCUT2D eigenvalue weighted by molar-refractivity contribution is 0.102. The molecule has 1 amide bonds. The Balaban J connectivity index is 1.53. The molecule has 1 aliphatic rings. The van der Waals surface area contributed by atoms with Gasteiger partial charge in [0.2, 0.25) is 15.0 Å². The molecule has 1 aromatic heterocycles. The van der Waals surface area contributed by atoms with Crippen molar-refractivity contribution in [1.82, 2.24) is 14.5 Å². The molecular formula is C22H23ClN4O3S2.